The van der Waals surface area contributed by atoms with E-state index in [1.807, 2.05) is 13.8 Å². The Morgan fingerprint density at radius 2 is 1.53 bits per heavy atom. The molecule has 0 saturated heterocycles. The molecule has 0 aliphatic rings. The molecule has 0 radical (unpaired) electrons. The van der Waals surface area contributed by atoms with Crippen molar-refractivity contribution in [2.24, 2.45) is 34.0 Å². The van der Waals surface area contributed by atoms with Crippen LogP contribution in [0.4, 0.5) is 0 Å². The van der Waals surface area contributed by atoms with E-state index in [1.54, 1.807) is 13.8 Å². The third-order valence-electron chi connectivity index (χ3n) is 5.23. The minimum absolute atomic E-state index is 0.0715. The topological polar surface area (TPSA) is 235 Å². The lowest BCUT2D eigenvalue weighted by Crippen LogP contribution is -2.59. The number of rotatable bonds is 16. The lowest BCUT2D eigenvalue weighted by Gasteiger charge is -2.27. The smallest absolute Gasteiger partial charge is 0.326 e. The van der Waals surface area contributed by atoms with Crippen molar-refractivity contribution < 1.29 is 29.4 Å². The molecule has 196 valence electrons. The average Bonchev–Trinajstić information content (AvgIpc) is 2.75. The summed E-state index contributed by atoms with van der Waals surface area (Å²) < 4.78 is 0. The van der Waals surface area contributed by atoms with Gasteiger partial charge in [0.25, 0.3) is 0 Å². The lowest BCUT2D eigenvalue weighted by atomic mass is 9.97. The molecule has 0 heterocycles. The molecule has 0 aromatic heterocycles. The molecule has 0 bridgehead atoms. The Hall–Kier alpha value is -2.93. The zero-order valence-electron chi connectivity index (χ0n) is 20.4. The van der Waals surface area contributed by atoms with Crippen molar-refractivity contribution in [3.8, 4) is 0 Å². The van der Waals surface area contributed by atoms with Gasteiger partial charge >= 0.3 is 5.97 Å². The number of nitrogens with one attached hydrogen (secondary N) is 3. The third-order valence-corrected chi connectivity index (χ3v) is 5.23. The number of carboxylic acid groups (broad SMARTS) is 1. The molecule has 5 unspecified atom stereocenters. The molecule has 11 N–H and O–H groups in total. The van der Waals surface area contributed by atoms with Crippen LogP contribution in [0, 0.1) is 11.8 Å². The van der Waals surface area contributed by atoms with Crippen molar-refractivity contribution in [2.45, 2.75) is 77.5 Å². The Bertz CT molecular complexity index is 712. The molecule has 34 heavy (non-hydrogen) atoms. The number of carbonyl (C=O) groups is 4. The van der Waals surface area contributed by atoms with Gasteiger partial charge in [0.15, 0.2) is 5.96 Å². The molecule has 0 fully saturated rings. The van der Waals surface area contributed by atoms with Crippen molar-refractivity contribution in [2.75, 3.05) is 13.2 Å². The second-order valence-corrected chi connectivity index (χ2v) is 8.70. The van der Waals surface area contributed by atoms with Crippen LogP contribution in [0.1, 0.15) is 53.4 Å². The minimum atomic E-state index is -1.32. The van der Waals surface area contributed by atoms with Gasteiger partial charge in [-0.2, -0.15) is 0 Å². The Balaban J connectivity index is 5.28. The van der Waals surface area contributed by atoms with Crippen molar-refractivity contribution in [1.29, 1.82) is 0 Å². The van der Waals surface area contributed by atoms with Crippen LogP contribution in [0.5, 0.6) is 0 Å². The highest BCUT2D eigenvalue weighted by atomic mass is 16.4. The molecule has 0 rings (SSSR count). The summed E-state index contributed by atoms with van der Waals surface area (Å²) >= 11 is 0. The largest absolute Gasteiger partial charge is 0.480 e. The first kappa shape index (κ1) is 31.1. The van der Waals surface area contributed by atoms with Crippen LogP contribution < -0.4 is 33.2 Å². The molecule has 0 spiro atoms. The van der Waals surface area contributed by atoms with E-state index in [2.05, 4.69) is 20.9 Å². The van der Waals surface area contributed by atoms with E-state index >= 15 is 0 Å². The number of carbonyl (C=O) groups excluding carboxylic acids is 3. The van der Waals surface area contributed by atoms with Crippen molar-refractivity contribution >= 4 is 29.7 Å². The monoisotopic (exact) mass is 487 g/mol. The van der Waals surface area contributed by atoms with Gasteiger partial charge in [0.05, 0.1) is 12.6 Å². The number of aliphatic carboxylic acids is 1. The van der Waals surface area contributed by atoms with E-state index in [0.717, 1.165) is 0 Å². The van der Waals surface area contributed by atoms with Crippen LogP contribution in [0.3, 0.4) is 0 Å². The summed E-state index contributed by atoms with van der Waals surface area (Å²) in [5.41, 5.74) is 16.3. The maximum Gasteiger partial charge on any atom is 0.326 e. The summed E-state index contributed by atoms with van der Waals surface area (Å²) in [5.74, 6) is -3.65. The van der Waals surface area contributed by atoms with Crippen LogP contribution in [-0.4, -0.2) is 77.2 Å². The highest BCUT2D eigenvalue weighted by Gasteiger charge is 2.32. The maximum atomic E-state index is 12.9. The highest BCUT2D eigenvalue weighted by molar-refractivity contribution is 5.94. The summed E-state index contributed by atoms with van der Waals surface area (Å²) in [6.07, 6.45) is 1.27. The fraction of sp³-hybridized carbons (Fsp3) is 0.762. The van der Waals surface area contributed by atoms with Crippen molar-refractivity contribution in [1.82, 2.24) is 16.0 Å². The molecule has 0 aromatic rings. The maximum absolute atomic E-state index is 12.9. The second-order valence-electron chi connectivity index (χ2n) is 8.70. The van der Waals surface area contributed by atoms with E-state index in [-0.39, 0.29) is 30.8 Å². The van der Waals surface area contributed by atoms with Gasteiger partial charge in [-0.3, -0.25) is 19.4 Å². The Labute approximate surface area is 200 Å². The van der Waals surface area contributed by atoms with Crippen LogP contribution in [0.25, 0.3) is 0 Å². The predicted molar refractivity (Wildman–Crippen MR) is 127 cm³/mol. The first-order chi connectivity index (χ1) is 15.8. The fourth-order valence-electron chi connectivity index (χ4n) is 3.07. The molecular weight excluding hydrogens is 446 g/mol. The summed E-state index contributed by atoms with van der Waals surface area (Å²) in [7, 11) is 0. The molecule has 0 aliphatic carbocycles. The van der Waals surface area contributed by atoms with Crippen LogP contribution in [0.15, 0.2) is 4.99 Å². The number of amides is 3. The number of nitrogens with zero attached hydrogens (tertiary/aromatic N) is 1. The standard InChI is InChI=1S/C21H41N7O6/c1-5-12(4)16(19(32)26-14(20(33)34)7-6-8-25-21(23)24)28-18(31)15(10-29)27-17(30)13(22)9-11(2)3/h11-16,29H,5-10,22H2,1-4H3,(H,26,32)(H,27,30)(H,28,31)(H,33,34)(H4,23,24,25). The molecule has 5 atom stereocenters. The van der Waals surface area contributed by atoms with E-state index < -0.39 is 54.5 Å². The first-order valence-corrected chi connectivity index (χ1v) is 11.4. The van der Waals surface area contributed by atoms with Gasteiger partial charge in [-0.1, -0.05) is 34.1 Å². The van der Waals surface area contributed by atoms with Crippen molar-refractivity contribution in [3.05, 3.63) is 0 Å². The number of hydrogen-bond donors (Lipinski definition) is 8. The molecule has 13 heteroatoms. The van der Waals surface area contributed by atoms with E-state index in [1.165, 1.54) is 0 Å². The molecule has 3 amide bonds. The van der Waals surface area contributed by atoms with Crippen LogP contribution >= 0.6 is 0 Å². The number of carboxylic acids is 1. The number of hydrogen-bond acceptors (Lipinski definition) is 7. The summed E-state index contributed by atoms with van der Waals surface area (Å²) in [6.45, 7) is 6.79. The second kappa shape index (κ2) is 15.8. The number of aliphatic imine (C=N–C) groups is 1. The molecule has 0 aromatic carbocycles. The van der Waals surface area contributed by atoms with Crippen LogP contribution in [0.2, 0.25) is 0 Å². The Morgan fingerprint density at radius 3 is 2.00 bits per heavy atom. The van der Waals surface area contributed by atoms with Gasteiger partial charge in [-0.05, 0) is 31.1 Å². The summed E-state index contributed by atoms with van der Waals surface area (Å²) in [6, 6.07) is -4.48. The highest BCUT2D eigenvalue weighted by Crippen LogP contribution is 2.10. The zero-order chi connectivity index (χ0) is 26.4. The summed E-state index contributed by atoms with van der Waals surface area (Å²) in [5, 5.41) is 26.4. The normalized spacial score (nSPS) is 15.4. The number of aliphatic hydroxyl groups excluding tert-OH is 1. The Morgan fingerprint density at radius 1 is 0.941 bits per heavy atom. The number of guanidine groups is 1. The Kier molecular flexibility index (Phi) is 14.5. The number of aliphatic hydroxyl groups is 1. The van der Waals surface area contributed by atoms with Gasteiger partial charge in [-0.15, -0.1) is 0 Å². The number of nitrogens with two attached hydrogens (primary N) is 3. The zero-order valence-corrected chi connectivity index (χ0v) is 20.4. The van der Waals surface area contributed by atoms with Crippen molar-refractivity contribution in [3.63, 3.8) is 0 Å². The van der Waals surface area contributed by atoms with E-state index in [4.69, 9.17) is 17.2 Å². The molecule has 13 nitrogen and oxygen atoms in total. The first-order valence-electron chi connectivity index (χ1n) is 11.4. The van der Waals surface area contributed by atoms with Gasteiger partial charge in [-0.25, -0.2) is 4.79 Å². The quantitative estimate of drug-likeness (QED) is 0.0681. The lowest BCUT2D eigenvalue weighted by molar-refractivity contribution is -0.143. The predicted octanol–water partition coefficient (Wildman–Crippen LogP) is -2.01. The molecule has 0 saturated carbocycles. The fourth-order valence-corrected chi connectivity index (χ4v) is 3.07. The average molecular weight is 488 g/mol. The molecule has 0 aliphatic heterocycles. The minimum Gasteiger partial charge on any atom is -0.480 e. The molecular formula is C21H41N7O6. The van der Waals surface area contributed by atoms with E-state index in [9.17, 15) is 29.4 Å². The van der Waals surface area contributed by atoms with E-state index in [0.29, 0.717) is 19.3 Å². The van der Waals surface area contributed by atoms with Gasteiger partial charge in [0.1, 0.15) is 18.1 Å². The van der Waals surface area contributed by atoms with Gasteiger partial charge in [0.2, 0.25) is 17.7 Å². The van der Waals surface area contributed by atoms with Gasteiger partial charge < -0.3 is 43.4 Å². The SMILES string of the molecule is CCC(C)C(NC(=O)C(CO)NC(=O)C(N)CC(C)C)C(=O)NC(CCCN=C(N)N)C(=O)O. The van der Waals surface area contributed by atoms with Crippen LogP contribution in [-0.2, 0) is 19.2 Å². The summed E-state index contributed by atoms with van der Waals surface area (Å²) in [4.78, 5) is 53.2. The third kappa shape index (κ3) is 11.8. The van der Waals surface area contributed by atoms with Gasteiger partial charge in [0, 0.05) is 6.54 Å².